The summed E-state index contributed by atoms with van der Waals surface area (Å²) in [5, 5.41) is 7.83. The molecule has 0 aliphatic rings. The SMILES string of the molecule is Cc1ccc(NC(=O)CCC(C)CCN)cc1S(N)(=O)=O. The summed E-state index contributed by atoms with van der Waals surface area (Å²) in [5.41, 5.74) is 6.44. The van der Waals surface area contributed by atoms with Crippen LogP contribution in [-0.2, 0) is 14.8 Å². The van der Waals surface area contributed by atoms with Crippen molar-refractivity contribution >= 4 is 21.6 Å². The van der Waals surface area contributed by atoms with Crippen molar-refractivity contribution in [2.45, 2.75) is 38.0 Å². The molecule has 118 valence electrons. The number of aryl methyl sites for hydroxylation is 1. The third kappa shape index (κ3) is 5.82. The van der Waals surface area contributed by atoms with E-state index in [2.05, 4.69) is 5.32 Å². The van der Waals surface area contributed by atoms with Gasteiger partial charge in [-0.3, -0.25) is 4.79 Å². The minimum Gasteiger partial charge on any atom is -0.330 e. The number of nitrogens with two attached hydrogens (primary N) is 2. The number of amides is 1. The smallest absolute Gasteiger partial charge is 0.238 e. The van der Waals surface area contributed by atoms with Gasteiger partial charge in [-0.25, -0.2) is 13.6 Å². The molecule has 6 nitrogen and oxygen atoms in total. The van der Waals surface area contributed by atoms with Gasteiger partial charge in [-0.1, -0.05) is 13.0 Å². The van der Waals surface area contributed by atoms with Gasteiger partial charge in [-0.2, -0.15) is 0 Å². The van der Waals surface area contributed by atoms with Gasteiger partial charge in [0.25, 0.3) is 0 Å². The molecule has 0 saturated carbocycles. The first kappa shape index (κ1) is 17.6. The molecule has 1 unspecified atom stereocenters. The average Bonchev–Trinajstić information content (AvgIpc) is 2.38. The third-order valence-corrected chi connectivity index (χ3v) is 4.35. The number of anilines is 1. The first-order valence-electron chi connectivity index (χ1n) is 6.87. The number of nitrogens with one attached hydrogen (secondary N) is 1. The molecule has 0 radical (unpaired) electrons. The number of benzene rings is 1. The largest absolute Gasteiger partial charge is 0.330 e. The zero-order valence-electron chi connectivity index (χ0n) is 12.4. The fraction of sp³-hybridized carbons (Fsp3) is 0.500. The summed E-state index contributed by atoms with van der Waals surface area (Å²) >= 11 is 0. The van der Waals surface area contributed by atoms with Gasteiger partial charge in [0.2, 0.25) is 15.9 Å². The molecule has 0 heterocycles. The van der Waals surface area contributed by atoms with Crippen LogP contribution in [0.3, 0.4) is 0 Å². The second-order valence-corrected chi connectivity index (χ2v) is 6.82. The van der Waals surface area contributed by atoms with E-state index in [1.807, 2.05) is 6.92 Å². The predicted molar refractivity (Wildman–Crippen MR) is 83.3 cm³/mol. The van der Waals surface area contributed by atoms with E-state index in [0.29, 0.717) is 30.1 Å². The van der Waals surface area contributed by atoms with Gasteiger partial charge in [0.1, 0.15) is 0 Å². The predicted octanol–water partition coefficient (Wildman–Crippen LogP) is 1.35. The van der Waals surface area contributed by atoms with Gasteiger partial charge in [0.15, 0.2) is 0 Å². The summed E-state index contributed by atoms with van der Waals surface area (Å²) in [7, 11) is -3.79. The van der Waals surface area contributed by atoms with Crippen LogP contribution in [0, 0.1) is 12.8 Å². The summed E-state index contributed by atoms with van der Waals surface area (Å²) in [6.07, 6.45) is 2.00. The minimum absolute atomic E-state index is 0.0248. The van der Waals surface area contributed by atoms with Crippen LogP contribution >= 0.6 is 0 Å². The summed E-state index contributed by atoms with van der Waals surface area (Å²) in [4.78, 5) is 11.9. The monoisotopic (exact) mass is 313 g/mol. The van der Waals surface area contributed by atoms with Crippen molar-refractivity contribution in [1.29, 1.82) is 0 Å². The highest BCUT2D eigenvalue weighted by molar-refractivity contribution is 7.89. The molecule has 1 aromatic rings. The normalized spacial score (nSPS) is 13.0. The van der Waals surface area contributed by atoms with E-state index >= 15 is 0 Å². The molecular formula is C14H23N3O3S. The number of rotatable bonds is 7. The fourth-order valence-electron chi connectivity index (χ4n) is 2.01. The van der Waals surface area contributed by atoms with Gasteiger partial charge < -0.3 is 11.1 Å². The zero-order valence-corrected chi connectivity index (χ0v) is 13.2. The number of hydrogen-bond acceptors (Lipinski definition) is 4. The second-order valence-electron chi connectivity index (χ2n) is 5.29. The van der Waals surface area contributed by atoms with Crippen molar-refractivity contribution in [3.05, 3.63) is 23.8 Å². The van der Waals surface area contributed by atoms with E-state index in [0.717, 1.165) is 12.8 Å². The molecule has 21 heavy (non-hydrogen) atoms. The Morgan fingerprint density at radius 3 is 2.57 bits per heavy atom. The summed E-state index contributed by atoms with van der Waals surface area (Å²) in [6, 6.07) is 4.66. The third-order valence-electron chi connectivity index (χ3n) is 3.30. The number of carbonyl (C=O) groups excluding carboxylic acids is 1. The maximum atomic E-state index is 11.8. The first-order valence-corrected chi connectivity index (χ1v) is 8.42. The van der Waals surface area contributed by atoms with Crippen LogP contribution in [0.5, 0.6) is 0 Å². The standard InChI is InChI=1S/C14H23N3O3S/c1-10(7-8-15)3-6-14(18)17-12-5-4-11(2)13(9-12)21(16,19)20/h4-5,9-10H,3,6-8,15H2,1-2H3,(H,17,18)(H2,16,19,20). The number of sulfonamides is 1. The van der Waals surface area contributed by atoms with Crippen LogP contribution in [0.25, 0.3) is 0 Å². The van der Waals surface area contributed by atoms with Crippen molar-refractivity contribution < 1.29 is 13.2 Å². The highest BCUT2D eigenvalue weighted by Crippen LogP contribution is 2.19. The van der Waals surface area contributed by atoms with Crippen LogP contribution in [0.15, 0.2) is 23.1 Å². The van der Waals surface area contributed by atoms with E-state index in [1.165, 1.54) is 6.07 Å². The van der Waals surface area contributed by atoms with Gasteiger partial charge in [0, 0.05) is 12.1 Å². The molecule has 0 spiro atoms. The molecule has 0 aliphatic carbocycles. The van der Waals surface area contributed by atoms with E-state index in [1.54, 1.807) is 19.1 Å². The van der Waals surface area contributed by atoms with Crippen molar-refractivity contribution in [2.24, 2.45) is 16.8 Å². The molecule has 0 saturated heterocycles. The Bertz CT molecular complexity index is 599. The molecule has 1 aromatic carbocycles. The van der Waals surface area contributed by atoms with Crippen LogP contribution in [-0.4, -0.2) is 20.9 Å². The second kappa shape index (κ2) is 7.53. The number of hydrogen-bond donors (Lipinski definition) is 3. The molecular weight excluding hydrogens is 290 g/mol. The Balaban J connectivity index is 2.69. The summed E-state index contributed by atoms with van der Waals surface area (Å²) in [5.74, 6) is 0.238. The van der Waals surface area contributed by atoms with Gasteiger partial charge in [-0.05, 0) is 49.9 Å². The maximum Gasteiger partial charge on any atom is 0.238 e. The van der Waals surface area contributed by atoms with Crippen LogP contribution in [0.2, 0.25) is 0 Å². The zero-order chi connectivity index (χ0) is 16.0. The Kier molecular flexibility index (Phi) is 6.32. The Labute approximate surface area is 126 Å². The van der Waals surface area contributed by atoms with E-state index in [-0.39, 0.29) is 10.8 Å². The Morgan fingerprint density at radius 1 is 1.33 bits per heavy atom. The van der Waals surface area contributed by atoms with Crippen LogP contribution in [0.1, 0.15) is 31.7 Å². The lowest BCUT2D eigenvalue weighted by atomic mass is 10.0. The van der Waals surface area contributed by atoms with E-state index in [4.69, 9.17) is 10.9 Å². The molecule has 0 bridgehead atoms. The molecule has 0 aromatic heterocycles. The fourth-order valence-corrected chi connectivity index (χ4v) is 2.82. The van der Waals surface area contributed by atoms with E-state index < -0.39 is 10.0 Å². The quantitative estimate of drug-likeness (QED) is 0.704. The van der Waals surface area contributed by atoms with Crippen LogP contribution < -0.4 is 16.2 Å². The molecule has 5 N–H and O–H groups in total. The maximum absolute atomic E-state index is 11.8. The highest BCUT2D eigenvalue weighted by atomic mass is 32.2. The van der Waals surface area contributed by atoms with Gasteiger partial charge in [-0.15, -0.1) is 0 Å². The highest BCUT2D eigenvalue weighted by Gasteiger charge is 2.13. The number of primary sulfonamides is 1. The van der Waals surface area contributed by atoms with E-state index in [9.17, 15) is 13.2 Å². The lowest BCUT2D eigenvalue weighted by molar-refractivity contribution is -0.116. The number of carbonyl (C=O) groups is 1. The van der Waals surface area contributed by atoms with Crippen molar-refractivity contribution in [1.82, 2.24) is 0 Å². The van der Waals surface area contributed by atoms with Gasteiger partial charge >= 0.3 is 0 Å². The Morgan fingerprint density at radius 2 is 2.00 bits per heavy atom. The molecule has 1 atom stereocenters. The lowest BCUT2D eigenvalue weighted by Crippen LogP contribution is -2.16. The minimum atomic E-state index is -3.79. The molecule has 0 aliphatic heterocycles. The molecule has 1 amide bonds. The first-order chi connectivity index (χ1) is 9.74. The van der Waals surface area contributed by atoms with Crippen molar-refractivity contribution in [3.8, 4) is 0 Å². The van der Waals surface area contributed by atoms with Crippen molar-refractivity contribution in [2.75, 3.05) is 11.9 Å². The molecule has 1 rings (SSSR count). The summed E-state index contributed by atoms with van der Waals surface area (Å²) < 4.78 is 22.9. The Hall–Kier alpha value is -1.44. The lowest BCUT2D eigenvalue weighted by Gasteiger charge is -2.11. The van der Waals surface area contributed by atoms with Crippen molar-refractivity contribution in [3.63, 3.8) is 0 Å². The van der Waals surface area contributed by atoms with Gasteiger partial charge in [0.05, 0.1) is 4.90 Å². The average molecular weight is 313 g/mol. The topological polar surface area (TPSA) is 115 Å². The molecule has 0 fully saturated rings. The summed E-state index contributed by atoms with van der Waals surface area (Å²) in [6.45, 7) is 4.31. The van der Waals surface area contributed by atoms with Crippen LogP contribution in [0.4, 0.5) is 5.69 Å². The molecule has 7 heteroatoms.